The van der Waals surface area contributed by atoms with Gasteiger partial charge in [-0.15, -0.1) is 21.5 Å². The van der Waals surface area contributed by atoms with E-state index >= 15 is 0 Å². The van der Waals surface area contributed by atoms with Crippen LogP contribution in [0.25, 0.3) is 10.6 Å². The van der Waals surface area contributed by atoms with Gasteiger partial charge in [0.05, 0.1) is 11.9 Å². The first-order chi connectivity index (χ1) is 15.3. The van der Waals surface area contributed by atoms with Crippen molar-refractivity contribution in [2.75, 3.05) is 19.3 Å². The van der Waals surface area contributed by atoms with Crippen molar-refractivity contribution in [1.29, 1.82) is 0 Å². The van der Waals surface area contributed by atoms with E-state index in [0.717, 1.165) is 58.8 Å². The van der Waals surface area contributed by atoms with Crippen LogP contribution in [0.2, 0.25) is 0 Å². The van der Waals surface area contributed by atoms with E-state index in [1.807, 2.05) is 0 Å². The molecule has 4 rings (SSSR count). The first-order valence-electron chi connectivity index (χ1n) is 10.9. The highest BCUT2D eigenvalue weighted by atomic mass is 32.2. The van der Waals surface area contributed by atoms with Crippen molar-refractivity contribution >= 4 is 33.1 Å². The second-order valence-electron chi connectivity index (χ2n) is 8.25. The molecule has 0 radical (unpaired) electrons. The minimum Gasteiger partial charge on any atom is -0.306 e. The van der Waals surface area contributed by atoms with Crippen molar-refractivity contribution in [3.8, 4) is 10.6 Å². The maximum absolute atomic E-state index is 12.0. The molecule has 10 heteroatoms. The predicted octanol–water partition coefficient (Wildman–Crippen LogP) is 4.55. The summed E-state index contributed by atoms with van der Waals surface area (Å²) in [5.41, 5.74) is 3.41. The molecule has 1 atom stereocenters. The Hall–Kier alpha value is -1.75. The zero-order valence-corrected chi connectivity index (χ0v) is 21.1. The van der Waals surface area contributed by atoms with Crippen LogP contribution in [-0.4, -0.2) is 51.8 Å². The molecular formula is C22H29N5O2S3. The molecule has 3 heterocycles. The Morgan fingerprint density at radius 1 is 1.22 bits per heavy atom. The van der Waals surface area contributed by atoms with Crippen LogP contribution >= 0.6 is 23.1 Å². The van der Waals surface area contributed by atoms with Crippen molar-refractivity contribution in [1.82, 2.24) is 24.1 Å². The van der Waals surface area contributed by atoms with Crippen molar-refractivity contribution in [2.45, 2.75) is 56.5 Å². The van der Waals surface area contributed by atoms with E-state index in [1.54, 1.807) is 27.4 Å². The highest BCUT2D eigenvalue weighted by Gasteiger charge is 2.30. The largest absolute Gasteiger partial charge is 0.306 e. The Labute approximate surface area is 198 Å². The molecule has 1 saturated heterocycles. The molecule has 0 amide bonds. The van der Waals surface area contributed by atoms with Gasteiger partial charge in [0.2, 0.25) is 10.0 Å². The molecule has 0 spiro atoms. The second kappa shape index (κ2) is 10.0. The summed E-state index contributed by atoms with van der Waals surface area (Å²) in [6.45, 7) is 6.12. The summed E-state index contributed by atoms with van der Waals surface area (Å²) in [7, 11) is -3.19. The van der Waals surface area contributed by atoms with Crippen LogP contribution in [0.3, 0.4) is 0 Å². The van der Waals surface area contributed by atoms with Gasteiger partial charge in [0.1, 0.15) is 10.8 Å². The number of piperidine rings is 1. The number of nitrogens with zero attached hydrogens (tertiary/aromatic N) is 5. The molecule has 1 aliphatic rings. The standard InChI is InChI=1S/C22H29N5O2S3/c1-4-11-27-20(18-6-5-12-26(13-18)32(3,28)29)24-25-22(27)31-15-19-14-30-21(23-19)17-9-7-16(2)8-10-17/h7-10,14,18H,4-6,11-13,15H2,1-3H3/t18-/m0/s1. The zero-order valence-electron chi connectivity index (χ0n) is 18.7. The normalized spacial score (nSPS) is 17.7. The van der Waals surface area contributed by atoms with Crippen LogP contribution in [0.5, 0.6) is 0 Å². The zero-order chi connectivity index (χ0) is 22.7. The molecule has 0 unspecified atom stereocenters. The van der Waals surface area contributed by atoms with E-state index in [2.05, 4.69) is 58.3 Å². The lowest BCUT2D eigenvalue weighted by Gasteiger charge is -2.30. The number of hydrogen-bond donors (Lipinski definition) is 0. The molecule has 32 heavy (non-hydrogen) atoms. The minimum absolute atomic E-state index is 0.0827. The second-order valence-corrected chi connectivity index (χ2v) is 12.0. The minimum atomic E-state index is -3.19. The SMILES string of the molecule is CCCn1c(SCc2csc(-c3ccc(C)cc3)n2)nnc1[C@H]1CCCN(S(C)(=O)=O)C1. The number of sulfonamides is 1. The van der Waals surface area contributed by atoms with Crippen molar-refractivity contribution in [3.05, 3.63) is 46.7 Å². The lowest BCUT2D eigenvalue weighted by Crippen LogP contribution is -2.39. The molecule has 0 bridgehead atoms. The van der Waals surface area contributed by atoms with Gasteiger partial charge in [-0.25, -0.2) is 17.7 Å². The summed E-state index contributed by atoms with van der Waals surface area (Å²) >= 11 is 3.30. The topological polar surface area (TPSA) is 81.0 Å². The van der Waals surface area contributed by atoms with E-state index < -0.39 is 10.0 Å². The van der Waals surface area contributed by atoms with Crippen LogP contribution < -0.4 is 0 Å². The van der Waals surface area contributed by atoms with E-state index in [9.17, 15) is 8.42 Å². The summed E-state index contributed by atoms with van der Waals surface area (Å²) in [4.78, 5) is 4.80. The van der Waals surface area contributed by atoms with Gasteiger partial charge in [-0.2, -0.15) is 0 Å². The number of aryl methyl sites for hydroxylation is 1. The van der Waals surface area contributed by atoms with Gasteiger partial charge in [0, 0.05) is 42.2 Å². The monoisotopic (exact) mass is 491 g/mol. The van der Waals surface area contributed by atoms with Crippen molar-refractivity contribution < 1.29 is 8.42 Å². The molecular weight excluding hydrogens is 462 g/mol. The number of hydrogen-bond acceptors (Lipinski definition) is 7. The maximum Gasteiger partial charge on any atom is 0.211 e. The van der Waals surface area contributed by atoms with Gasteiger partial charge >= 0.3 is 0 Å². The molecule has 0 N–H and O–H groups in total. The van der Waals surface area contributed by atoms with E-state index in [1.165, 1.54) is 11.8 Å². The average molecular weight is 492 g/mol. The van der Waals surface area contributed by atoms with Gasteiger partial charge in [-0.1, -0.05) is 48.5 Å². The fourth-order valence-corrected chi connectivity index (χ4v) is 6.64. The van der Waals surface area contributed by atoms with Crippen LogP contribution in [0, 0.1) is 6.92 Å². The Bertz CT molecular complexity index is 1150. The number of rotatable bonds is 8. The molecule has 3 aromatic rings. The van der Waals surface area contributed by atoms with Crippen molar-refractivity contribution in [2.24, 2.45) is 0 Å². The first kappa shape index (κ1) is 23.4. The van der Waals surface area contributed by atoms with Gasteiger partial charge in [-0.05, 0) is 26.2 Å². The summed E-state index contributed by atoms with van der Waals surface area (Å²) < 4.78 is 27.8. The molecule has 1 fully saturated rings. The predicted molar refractivity (Wildman–Crippen MR) is 131 cm³/mol. The molecule has 2 aromatic heterocycles. The lowest BCUT2D eigenvalue weighted by atomic mass is 9.99. The molecule has 0 aliphatic carbocycles. The third kappa shape index (κ3) is 5.41. The smallest absolute Gasteiger partial charge is 0.211 e. The fourth-order valence-electron chi connectivity index (χ4n) is 3.94. The molecule has 0 saturated carbocycles. The number of aromatic nitrogens is 4. The number of thiazole rings is 1. The fraction of sp³-hybridized carbons (Fsp3) is 0.500. The van der Waals surface area contributed by atoms with Crippen LogP contribution in [0.15, 0.2) is 34.8 Å². The van der Waals surface area contributed by atoms with Gasteiger partial charge in [0.25, 0.3) is 0 Å². The number of benzene rings is 1. The Morgan fingerprint density at radius 2 is 2.00 bits per heavy atom. The summed E-state index contributed by atoms with van der Waals surface area (Å²) in [5, 5.41) is 13.0. The Kier molecular flexibility index (Phi) is 7.34. The summed E-state index contributed by atoms with van der Waals surface area (Å²) in [6, 6.07) is 8.44. The molecule has 1 aliphatic heterocycles. The van der Waals surface area contributed by atoms with E-state index in [0.29, 0.717) is 13.1 Å². The van der Waals surface area contributed by atoms with E-state index in [-0.39, 0.29) is 5.92 Å². The number of thioether (sulfide) groups is 1. The van der Waals surface area contributed by atoms with Gasteiger partial charge in [-0.3, -0.25) is 0 Å². The van der Waals surface area contributed by atoms with E-state index in [4.69, 9.17) is 4.98 Å². The third-order valence-corrected chi connectivity index (χ3v) is 8.82. The Morgan fingerprint density at radius 3 is 2.72 bits per heavy atom. The third-order valence-electron chi connectivity index (χ3n) is 5.61. The Balaban J connectivity index is 1.48. The molecule has 1 aromatic carbocycles. The maximum atomic E-state index is 12.0. The quantitative estimate of drug-likeness (QED) is 0.430. The van der Waals surface area contributed by atoms with Crippen LogP contribution in [-0.2, 0) is 22.3 Å². The highest BCUT2D eigenvalue weighted by Crippen LogP contribution is 2.32. The molecule has 7 nitrogen and oxygen atoms in total. The van der Waals surface area contributed by atoms with Crippen LogP contribution in [0.1, 0.15) is 49.2 Å². The van der Waals surface area contributed by atoms with Crippen LogP contribution in [0.4, 0.5) is 0 Å². The lowest BCUT2D eigenvalue weighted by molar-refractivity contribution is 0.305. The van der Waals surface area contributed by atoms with Crippen molar-refractivity contribution in [3.63, 3.8) is 0 Å². The summed E-state index contributed by atoms with van der Waals surface area (Å²) in [6.07, 6.45) is 4.03. The summed E-state index contributed by atoms with van der Waals surface area (Å²) in [5.74, 6) is 1.71. The highest BCUT2D eigenvalue weighted by molar-refractivity contribution is 7.98. The van der Waals surface area contributed by atoms with Gasteiger partial charge < -0.3 is 4.57 Å². The molecule has 172 valence electrons. The van der Waals surface area contributed by atoms with Gasteiger partial charge in [0.15, 0.2) is 5.16 Å². The first-order valence-corrected chi connectivity index (χ1v) is 14.6. The average Bonchev–Trinajstić information content (AvgIpc) is 3.40.